The van der Waals surface area contributed by atoms with E-state index in [0.717, 1.165) is 0 Å². The van der Waals surface area contributed by atoms with Gasteiger partial charge in [0.05, 0.1) is 5.56 Å². The van der Waals surface area contributed by atoms with E-state index in [1.54, 1.807) is 6.07 Å². The molecule has 0 aliphatic carbocycles. The van der Waals surface area contributed by atoms with Gasteiger partial charge in [0.25, 0.3) is 6.43 Å². The summed E-state index contributed by atoms with van der Waals surface area (Å²) in [6.45, 7) is 1.53. The van der Waals surface area contributed by atoms with Crippen LogP contribution in [0.15, 0.2) is 12.3 Å². The van der Waals surface area contributed by atoms with Crippen molar-refractivity contribution < 1.29 is 8.78 Å². The maximum Gasteiger partial charge on any atom is 0.266 e. The van der Waals surface area contributed by atoms with Crippen LogP contribution in [0.2, 0.25) is 0 Å². The third-order valence-corrected chi connectivity index (χ3v) is 1.53. The molecule has 0 fully saturated rings. The van der Waals surface area contributed by atoms with E-state index in [2.05, 4.69) is 4.98 Å². The van der Waals surface area contributed by atoms with E-state index in [1.807, 2.05) is 0 Å². The van der Waals surface area contributed by atoms with E-state index < -0.39 is 6.43 Å². The summed E-state index contributed by atoms with van der Waals surface area (Å²) in [4.78, 5) is 3.54. The Hall–Kier alpha value is -1.50. The number of hydrogen-bond acceptors (Lipinski definition) is 2. The average molecular weight is 168 g/mol. The highest BCUT2D eigenvalue weighted by atomic mass is 19.3. The molecule has 0 unspecified atom stereocenters. The van der Waals surface area contributed by atoms with E-state index in [0.29, 0.717) is 5.56 Å². The van der Waals surface area contributed by atoms with Gasteiger partial charge in [-0.1, -0.05) is 0 Å². The third-order valence-electron chi connectivity index (χ3n) is 1.53. The van der Waals surface area contributed by atoms with Gasteiger partial charge in [-0.2, -0.15) is 5.26 Å². The van der Waals surface area contributed by atoms with E-state index in [4.69, 9.17) is 5.26 Å². The van der Waals surface area contributed by atoms with Crippen molar-refractivity contribution in [3.05, 3.63) is 29.1 Å². The van der Waals surface area contributed by atoms with Crippen molar-refractivity contribution in [2.45, 2.75) is 13.3 Å². The molecule has 0 saturated carbocycles. The molecule has 4 heteroatoms. The largest absolute Gasteiger partial charge is 0.266 e. The molecule has 12 heavy (non-hydrogen) atoms. The maximum absolute atomic E-state index is 12.3. The topological polar surface area (TPSA) is 36.7 Å². The zero-order chi connectivity index (χ0) is 9.14. The summed E-state index contributed by atoms with van der Waals surface area (Å²) in [5, 5.41) is 8.45. The van der Waals surface area contributed by atoms with Crippen LogP contribution < -0.4 is 0 Å². The molecule has 0 spiro atoms. The van der Waals surface area contributed by atoms with Crippen molar-refractivity contribution in [2.24, 2.45) is 0 Å². The van der Waals surface area contributed by atoms with E-state index in [-0.39, 0.29) is 11.3 Å². The van der Waals surface area contributed by atoms with Gasteiger partial charge in [0.1, 0.15) is 11.8 Å². The molecule has 1 rings (SSSR count). The maximum atomic E-state index is 12.3. The Bertz CT molecular complexity index is 328. The number of pyridine rings is 1. The van der Waals surface area contributed by atoms with Crippen LogP contribution in [0.25, 0.3) is 0 Å². The molecule has 62 valence electrons. The predicted octanol–water partition coefficient (Wildman–Crippen LogP) is 2.20. The fraction of sp³-hybridized carbons (Fsp3) is 0.250. The second kappa shape index (κ2) is 3.26. The number of nitrogens with zero attached hydrogens (tertiary/aromatic N) is 2. The van der Waals surface area contributed by atoms with E-state index >= 15 is 0 Å². The summed E-state index contributed by atoms with van der Waals surface area (Å²) in [5.41, 5.74) is -0.0541. The molecule has 0 aromatic carbocycles. The van der Waals surface area contributed by atoms with Crippen molar-refractivity contribution >= 4 is 0 Å². The lowest BCUT2D eigenvalue weighted by atomic mass is 10.1. The summed E-state index contributed by atoms with van der Waals surface area (Å²) in [6, 6.07) is 3.09. The van der Waals surface area contributed by atoms with Crippen LogP contribution in [0.5, 0.6) is 0 Å². The van der Waals surface area contributed by atoms with Crippen LogP contribution in [-0.2, 0) is 0 Å². The lowest BCUT2D eigenvalue weighted by Crippen LogP contribution is -1.96. The Morgan fingerprint density at radius 3 is 2.67 bits per heavy atom. The van der Waals surface area contributed by atoms with Crippen molar-refractivity contribution in [1.29, 1.82) is 5.26 Å². The highest BCUT2D eigenvalue weighted by Crippen LogP contribution is 2.24. The number of aromatic nitrogens is 1. The summed E-state index contributed by atoms with van der Waals surface area (Å²) in [6.07, 6.45) is -1.28. The van der Waals surface area contributed by atoms with Gasteiger partial charge < -0.3 is 0 Å². The first kappa shape index (κ1) is 8.60. The standard InChI is InChI=1S/C8H6F2N2/c1-5-2-3-12-6(4-11)7(5)8(9)10/h2-3,8H,1H3. The Kier molecular flexibility index (Phi) is 2.34. The summed E-state index contributed by atoms with van der Waals surface area (Å²) < 4.78 is 24.6. The molecule has 0 N–H and O–H groups in total. The number of aryl methyl sites for hydroxylation is 1. The van der Waals surface area contributed by atoms with Crippen LogP contribution >= 0.6 is 0 Å². The van der Waals surface area contributed by atoms with Crippen molar-refractivity contribution in [3.8, 4) is 6.07 Å². The molecular formula is C8H6F2N2. The Morgan fingerprint density at radius 2 is 2.25 bits per heavy atom. The van der Waals surface area contributed by atoms with E-state index in [9.17, 15) is 8.78 Å². The molecule has 2 nitrogen and oxygen atoms in total. The van der Waals surface area contributed by atoms with Crippen LogP contribution in [-0.4, -0.2) is 4.98 Å². The van der Waals surface area contributed by atoms with Crippen LogP contribution in [0.1, 0.15) is 23.2 Å². The molecule has 0 atom stereocenters. The second-order valence-electron chi connectivity index (χ2n) is 2.30. The van der Waals surface area contributed by atoms with Crippen LogP contribution in [0.4, 0.5) is 8.78 Å². The molecular weight excluding hydrogens is 162 g/mol. The number of hydrogen-bond donors (Lipinski definition) is 0. The van der Waals surface area contributed by atoms with Gasteiger partial charge in [-0.15, -0.1) is 0 Å². The Morgan fingerprint density at radius 1 is 1.58 bits per heavy atom. The highest BCUT2D eigenvalue weighted by molar-refractivity contribution is 5.37. The van der Waals surface area contributed by atoms with Gasteiger partial charge in [-0.3, -0.25) is 0 Å². The lowest BCUT2D eigenvalue weighted by molar-refractivity contribution is 0.150. The van der Waals surface area contributed by atoms with Crippen molar-refractivity contribution in [3.63, 3.8) is 0 Å². The first-order valence-electron chi connectivity index (χ1n) is 3.30. The molecule has 0 aliphatic rings. The van der Waals surface area contributed by atoms with Gasteiger partial charge in [0.2, 0.25) is 0 Å². The second-order valence-corrected chi connectivity index (χ2v) is 2.30. The normalized spacial score (nSPS) is 9.92. The number of alkyl halides is 2. The molecule has 1 heterocycles. The minimum atomic E-state index is -2.63. The van der Waals surface area contributed by atoms with Gasteiger partial charge in [0.15, 0.2) is 0 Å². The zero-order valence-corrected chi connectivity index (χ0v) is 6.38. The fourth-order valence-electron chi connectivity index (χ4n) is 0.934. The van der Waals surface area contributed by atoms with Gasteiger partial charge in [-0.05, 0) is 18.6 Å². The van der Waals surface area contributed by atoms with E-state index in [1.165, 1.54) is 19.2 Å². The van der Waals surface area contributed by atoms with Gasteiger partial charge in [0, 0.05) is 6.20 Å². The van der Waals surface area contributed by atoms with Gasteiger partial charge in [-0.25, -0.2) is 13.8 Å². The smallest absolute Gasteiger partial charge is 0.245 e. The van der Waals surface area contributed by atoms with Gasteiger partial charge >= 0.3 is 0 Å². The number of rotatable bonds is 1. The lowest BCUT2D eigenvalue weighted by Gasteiger charge is -2.04. The SMILES string of the molecule is Cc1ccnc(C#N)c1C(F)F. The highest BCUT2D eigenvalue weighted by Gasteiger charge is 2.15. The average Bonchev–Trinajstić information content (AvgIpc) is 2.03. The summed E-state index contributed by atoms with van der Waals surface area (Å²) in [5.74, 6) is 0. The number of halogens is 2. The number of nitriles is 1. The quantitative estimate of drug-likeness (QED) is 0.644. The monoisotopic (exact) mass is 168 g/mol. The molecule has 0 saturated heterocycles. The minimum Gasteiger partial charge on any atom is -0.245 e. The molecule has 0 aliphatic heterocycles. The first-order chi connectivity index (χ1) is 5.66. The summed E-state index contributed by atoms with van der Waals surface area (Å²) >= 11 is 0. The first-order valence-corrected chi connectivity index (χ1v) is 3.30. The zero-order valence-electron chi connectivity index (χ0n) is 6.38. The molecule has 0 radical (unpaired) electrons. The molecule has 0 amide bonds. The predicted molar refractivity (Wildman–Crippen MR) is 38.6 cm³/mol. The fourth-order valence-corrected chi connectivity index (χ4v) is 0.934. The summed E-state index contributed by atoms with van der Waals surface area (Å²) in [7, 11) is 0. The Labute approximate surface area is 68.5 Å². The van der Waals surface area contributed by atoms with Crippen LogP contribution in [0, 0.1) is 18.3 Å². The third kappa shape index (κ3) is 1.40. The van der Waals surface area contributed by atoms with Crippen LogP contribution in [0.3, 0.4) is 0 Å². The van der Waals surface area contributed by atoms with Crippen molar-refractivity contribution in [1.82, 2.24) is 4.98 Å². The minimum absolute atomic E-state index is 0.190. The Balaban J connectivity index is 3.32. The molecule has 0 bridgehead atoms. The van der Waals surface area contributed by atoms with Crippen molar-refractivity contribution in [2.75, 3.05) is 0 Å². The molecule has 1 aromatic rings. The molecule has 1 aromatic heterocycles.